The molecule has 1 aromatic rings. The van der Waals surface area contributed by atoms with Gasteiger partial charge in [-0.3, -0.25) is 4.68 Å². The van der Waals surface area contributed by atoms with E-state index in [1.807, 2.05) is 4.68 Å². The fourth-order valence-electron chi connectivity index (χ4n) is 2.51. The molecule has 0 bridgehead atoms. The molecule has 2 aliphatic rings. The van der Waals surface area contributed by atoms with Gasteiger partial charge in [0, 0.05) is 25.6 Å². The Hall–Kier alpha value is -0.980. The first-order valence-corrected chi connectivity index (χ1v) is 6.16. The van der Waals surface area contributed by atoms with Crippen molar-refractivity contribution in [1.82, 2.24) is 20.1 Å². The fourth-order valence-corrected chi connectivity index (χ4v) is 2.51. The zero-order chi connectivity index (χ0) is 11.7. The summed E-state index contributed by atoms with van der Waals surface area (Å²) in [4.78, 5) is 4.32. The summed E-state index contributed by atoms with van der Waals surface area (Å²) in [5.74, 6) is 1.02. The van der Waals surface area contributed by atoms with Gasteiger partial charge in [0.25, 0.3) is 0 Å². The quantitative estimate of drug-likeness (QED) is 0.776. The Kier molecular flexibility index (Phi) is 2.85. The van der Waals surface area contributed by atoms with Gasteiger partial charge in [-0.15, -0.1) is 0 Å². The predicted octanol–water partition coefficient (Wildman–Crippen LogP) is -0.402. The molecule has 2 aliphatic heterocycles. The number of morpholine rings is 1. The van der Waals surface area contributed by atoms with E-state index in [0.29, 0.717) is 13.2 Å². The number of hydrogen-bond donors (Lipinski definition) is 1. The van der Waals surface area contributed by atoms with Crippen LogP contribution in [0.5, 0.6) is 0 Å². The Morgan fingerprint density at radius 1 is 1.59 bits per heavy atom. The Labute approximate surface area is 100 Å². The van der Waals surface area contributed by atoms with Gasteiger partial charge in [0.15, 0.2) is 0 Å². The fraction of sp³-hybridized carbons (Fsp3) is 0.818. The molecule has 6 nitrogen and oxygen atoms in total. The van der Waals surface area contributed by atoms with Crippen molar-refractivity contribution in [2.45, 2.75) is 31.5 Å². The Morgan fingerprint density at radius 2 is 2.47 bits per heavy atom. The summed E-state index contributed by atoms with van der Waals surface area (Å²) in [7, 11) is 0. The van der Waals surface area contributed by atoms with Crippen LogP contribution in [-0.2, 0) is 22.4 Å². The van der Waals surface area contributed by atoms with E-state index >= 15 is 0 Å². The van der Waals surface area contributed by atoms with Crippen molar-refractivity contribution in [2.24, 2.45) is 0 Å². The van der Waals surface area contributed by atoms with Gasteiger partial charge in [-0.05, 0) is 6.92 Å². The standard InChI is InChI=1S/C11H18N4O2/c1-2-15-10(13-8-14-15)5-9-11(6-16-7-11)17-4-3-12-9/h8-9,12H,2-7H2,1H3. The molecule has 1 atom stereocenters. The molecule has 0 aliphatic carbocycles. The van der Waals surface area contributed by atoms with E-state index in [1.54, 1.807) is 6.33 Å². The normalized spacial score (nSPS) is 27.0. The second-order valence-corrected chi connectivity index (χ2v) is 4.61. The topological polar surface area (TPSA) is 61.2 Å². The lowest BCUT2D eigenvalue weighted by Crippen LogP contribution is -2.68. The third-order valence-corrected chi connectivity index (χ3v) is 3.59. The molecule has 0 aromatic carbocycles. The van der Waals surface area contributed by atoms with Crippen LogP contribution in [0.3, 0.4) is 0 Å². The molecule has 1 N–H and O–H groups in total. The van der Waals surface area contributed by atoms with Crippen LogP contribution < -0.4 is 5.32 Å². The van der Waals surface area contributed by atoms with Crippen molar-refractivity contribution in [3.8, 4) is 0 Å². The maximum absolute atomic E-state index is 5.89. The SMILES string of the molecule is CCn1ncnc1CC1NCCOC12COC2. The van der Waals surface area contributed by atoms with Crippen LogP contribution in [0.4, 0.5) is 0 Å². The van der Waals surface area contributed by atoms with E-state index in [0.717, 1.165) is 31.9 Å². The average Bonchev–Trinajstić information content (AvgIpc) is 2.75. The van der Waals surface area contributed by atoms with Crippen molar-refractivity contribution in [3.05, 3.63) is 12.2 Å². The van der Waals surface area contributed by atoms with E-state index in [9.17, 15) is 0 Å². The van der Waals surface area contributed by atoms with Gasteiger partial charge in [-0.25, -0.2) is 4.98 Å². The first-order valence-electron chi connectivity index (χ1n) is 6.16. The Bertz CT molecular complexity index is 389. The maximum atomic E-state index is 5.89. The molecule has 3 heterocycles. The number of nitrogens with one attached hydrogen (secondary N) is 1. The number of rotatable bonds is 3. The summed E-state index contributed by atoms with van der Waals surface area (Å²) in [6.45, 7) is 5.96. The first kappa shape index (κ1) is 11.1. The van der Waals surface area contributed by atoms with E-state index in [1.165, 1.54) is 0 Å². The van der Waals surface area contributed by atoms with E-state index < -0.39 is 0 Å². The van der Waals surface area contributed by atoms with Crippen LogP contribution in [0.2, 0.25) is 0 Å². The molecular formula is C11H18N4O2. The van der Waals surface area contributed by atoms with Crippen molar-refractivity contribution in [1.29, 1.82) is 0 Å². The average molecular weight is 238 g/mol. The van der Waals surface area contributed by atoms with Gasteiger partial charge < -0.3 is 14.8 Å². The highest BCUT2D eigenvalue weighted by atomic mass is 16.6. The first-order chi connectivity index (χ1) is 8.34. The summed E-state index contributed by atoms with van der Waals surface area (Å²) in [5.41, 5.74) is -0.136. The van der Waals surface area contributed by atoms with E-state index in [2.05, 4.69) is 22.3 Å². The maximum Gasteiger partial charge on any atom is 0.138 e. The number of aromatic nitrogens is 3. The van der Waals surface area contributed by atoms with E-state index in [-0.39, 0.29) is 11.6 Å². The minimum atomic E-state index is -0.136. The van der Waals surface area contributed by atoms with Gasteiger partial charge >= 0.3 is 0 Å². The summed E-state index contributed by atoms with van der Waals surface area (Å²) >= 11 is 0. The summed E-state index contributed by atoms with van der Waals surface area (Å²) in [6, 6.07) is 0.277. The largest absolute Gasteiger partial charge is 0.375 e. The molecule has 1 aromatic heterocycles. The molecular weight excluding hydrogens is 220 g/mol. The molecule has 2 fully saturated rings. The molecule has 0 amide bonds. The predicted molar refractivity (Wildman–Crippen MR) is 60.7 cm³/mol. The second kappa shape index (κ2) is 4.36. The van der Waals surface area contributed by atoms with Gasteiger partial charge in [-0.2, -0.15) is 5.10 Å². The number of hydrogen-bond acceptors (Lipinski definition) is 5. The zero-order valence-corrected chi connectivity index (χ0v) is 10.1. The second-order valence-electron chi connectivity index (χ2n) is 4.61. The zero-order valence-electron chi connectivity index (χ0n) is 10.1. The van der Waals surface area contributed by atoms with Crippen LogP contribution >= 0.6 is 0 Å². The minimum absolute atomic E-state index is 0.136. The van der Waals surface area contributed by atoms with Crippen molar-refractivity contribution >= 4 is 0 Å². The van der Waals surface area contributed by atoms with Crippen LogP contribution in [0, 0.1) is 0 Å². The highest BCUT2D eigenvalue weighted by Crippen LogP contribution is 2.29. The van der Waals surface area contributed by atoms with Gasteiger partial charge in [0.05, 0.1) is 19.8 Å². The van der Waals surface area contributed by atoms with Crippen LogP contribution in [-0.4, -0.2) is 52.8 Å². The van der Waals surface area contributed by atoms with Gasteiger partial charge in [-0.1, -0.05) is 0 Å². The van der Waals surface area contributed by atoms with Gasteiger partial charge in [0.1, 0.15) is 17.8 Å². The van der Waals surface area contributed by atoms with Crippen LogP contribution in [0.15, 0.2) is 6.33 Å². The molecule has 2 saturated heterocycles. The lowest BCUT2D eigenvalue weighted by atomic mass is 9.88. The minimum Gasteiger partial charge on any atom is -0.375 e. The third-order valence-electron chi connectivity index (χ3n) is 3.59. The molecule has 6 heteroatoms. The van der Waals surface area contributed by atoms with Crippen molar-refractivity contribution in [2.75, 3.05) is 26.4 Å². The highest BCUT2D eigenvalue weighted by Gasteiger charge is 2.48. The molecule has 0 saturated carbocycles. The summed E-state index contributed by atoms with van der Waals surface area (Å²) in [5, 5.41) is 7.71. The molecule has 0 radical (unpaired) electrons. The van der Waals surface area contributed by atoms with Gasteiger partial charge in [0.2, 0.25) is 0 Å². The van der Waals surface area contributed by atoms with Crippen molar-refractivity contribution < 1.29 is 9.47 Å². The monoisotopic (exact) mass is 238 g/mol. The molecule has 1 spiro atoms. The van der Waals surface area contributed by atoms with Crippen molar-refractivity contribution in [3.63, 3.8) is 0 Å². The molecule has 94 valence electrons. The van der Waals surface area contributed by atoms with Crippen LogP contribution in [0.1, 0.15) is 12.7 Å². The highest BCUT2D eigenvalue weighted by molar-refractivity contribution is 5.05. The Morgan fingerprint density at radius 3 is 3.18 bits per heavy atom. The summed E-state index contributed by atoms with van der Waals surface area (Å²) < 4.78 is 13.1. The lowest BCUT2D eigenvalue weighted by Gasteiger charge is -2.49. The summed E-state index contributed by atoms with van der Waals surface area (Å²) in [6.07, 6.45) is 2.46. The molecule has 1 unspecified atom stereocenters. The third kappa shape index (κ3) is 1.86. The number of ether oxygens (including phenoxy) is 2. The molecule has 3 rings (SSSR count). The lowest BCUT2D eigenvalue weighted by molar-refractivity contribution is -0.237. The Balaban J connectivity index is 1.75. The smallest absolute Gasteiger partial charge is 0.138 e. The number of aryl methyl sites for hydroxylation is 1. The van der Waals surface area contributed by atoms with Crippen LogP contribution in [0.25, 0.3) is 0 Å². The molecule has 17 heavy (non-hydrogen) atoms. The number of nitrogens with zero attached hydrogens (tertiary/aromatic N) is 3. The van der Waals surface area contributed by atoms with E-state index in [4.69, 9.17) is 9.47 Å².